The largest absolute Gasteiger partial charge is 0.459 e. The number of carbonyl (C=O) groups excluding carboxylic acids is 4. The molecule has 0 aliphatic carbocycles. The van der Waals surface area contributed by atoms with E-state index in [1.165, 1.54) is 13.8 Å². The molecule has 0 radical (unpaired) electrons. The summed E-state index contributed by atoms with van der Waals surface area (Å²) in [6.45, 7) is 9.78. The second-order valence-corrected chi connectivity index (χ2v) is 12.1. The van der Waals surface area contributed by atoms with Crippen molar-refractivity contribution in [2.24, 2.45) is 11.8 Å². The number of rotatable bonds is 14. The van der Waals surface area contributed by atoms with Gasteiger partial charge in [-0.15, -0.1) is 0 Å². The first-order valence-corrected chi connectivity index (χ1v) is 14.9. The smallest absolute Gasteiger partial charge is 0.329 e. The van der Waals surface area contributed by atoms with Crippen molar-refractivity contribution < 1.29 is 48.3 Å². The highest BCUT2D eigenvalue weighted by Gasteiger charge is 2.52. The van der Waals surface area contributed by atoms with Crippen molar-refractivity contribution in [1.82, 2.24) is 10.6 Å². The molecule has 3 rings (SSSR count). The summed E-state index contributed by atoms with van der Waals surface area (Å²) in [5.41, 5.74) is 1.52. The van der Waals surface area contributed by atoms with Crippen molar-refractivity contribution in [3.63, 3.8) is 0 Å². The van der Waals surface area contributed by atoms with E-state index < -0.39 is 77.9 Å². The molecule has 2 aromatic carbocycles. The fourth-order valence-corrected chi connectivity index (χ4v) is 4.71. The average molecular weight is 629 g/mol. The summed E-state index contributed by atoms with van der Waals surface area (Å²) in [4.78, 5) is 52.0. The van der Waals surface area contributed by atoms with Crippen molar-refractivity contribution in [2.75, 3.05) is 0 Å². The maximum Gasteiger partial charge on any atom is 0.329 e. The van der Waals surface area contributed by atoms with Gasteiger partial charge in [-0.05, 0) is 36.8 Å². The molecular weight excluding hydrogens is 584 g/mol. The summed E-state index contributed by atoms with van der Waals surface area (Å²) >= 11 is 0. The topological polar surface area (TPSA) is 170 Å². The number of aliphatic hydroxyl groups excluding tert-OH is 2. The molecule has 1 heterocycles. The highest BCUT2D eigenvalue weighted by Crippen LogP contribution is 2.32. The van der Waals surface area contributed by atoms with E-state index in [0.29, 0.717) is 0 Å². The van der Waals surface area contributed by atoms with E-state index in [4.69, 9.17) is 18.9 Å². The third-order valence-corrected chi connectivity index (χ3v) is 7.21. The van der Waals surface area contributed by atoms with Crippen LogP contribution >= 0.6 is 0 Å². The van der Waals surface area contributed by atoms with Crippen molar-refractivity contribution in [3.8, 4) is 0 Å². The lowest BCUT2D eigenvalue weighted by atomic mass is 9.99. The molecule has 2 aromatic rings. The van der Waals surface area contributed by atoms with Crippen molar-refractivity contribution in [1.29, 1.82) is 0 Å². The van der Waals surface area contributed by atoms with Gasteiger partial charge in [0, 0.05) is 0 Å². The lowest BCUT2D eigenvalue weighted by molar-refractivity contribution is -0.167. The van der Waals surface area contributed by atoms with Gasteiger partial charge in [-0.2, -0.15) is 0 Å². The Kier molecular flexibility index (Phi) is 12.6. The van der Waals surface area contributed by atoms with Gasteiger partial charge >= 0.3 is 11.9 Å². The Morgan fingerprint density at radius 1 is 0.689 bits per heavy atom. The summed E-state index contributed by atoms with van der Waals surface area (Å²) in [6.07, 6.45) is -6.90. The van der Waals surface area contributed by atoms with Crippen LogP contribution in [0.4, 0.5) is 0 Å². The van der Waals surface area contributed by atoms with Crippen LogP contribution in [0.3, 0.4) is 0 Å². The van der Waals surface area contributed by atoms with Gasteiger partial charge in [-0.3, -0.25) is 9.59 Å². The Hall–Kier alpha value is -3.84. The molecule has 4 N–H and O–H groups in total. The minimum atomic E-state index is -1.95. The van der Waals surface area contributed by atoms with Crippen molar-refractivity contribution >= 4 is 23.8 Å². The van der Waals surface area contributed by atoms with Gasteiger partial charge in [0.2, 0.25) is 0 Å². The maximum atomic E-state index is 13.2. The molecule has 0 spiro atoms. The number of hydrogen-bond acceptors (Lipinski definition) is 10. The number of ether oxygens (including phenoxy) is 4. The third-order valence-electron chi connectivity index (χ3n) is 7.21. The molecule has 6 unspecified atom stereocenters. The highest BCUT2D eigenvalue weighted by molar-refractivity contribution is 5.89. The lowest BCUT2D eigenvalue weighted by Gasteiger charge is -2.28. The molecule has 1 aliphatic rings. The quantitative estimate of drug-likeness (QED) is 0.227. The zero-order valence-corrected chi connectivity index (χ0v) is 26.5. The second-order valence-electron chi connectivity index (χ2n) is 12.1. The molecule has 12 heteroatoms. The van der Waals surface area contributed by atoms with Gasteiger partial charge in [0.05, 0.1) is 0 Å². The zero-order valence-electron chi connectivity index (χ0n) is 26.5. The monoisotopic (exact) mass is 628 g/mol. The van der Waals surface area contributed by atoms with Crippen LogP contribution in [0.15, 0.2) is 60.7 Å². The summed E-state index contributed by atoms with van der Waals surface area (Å²) in [6, 6.07) is 15.8. The summed E-state index contributed by atoms with van der Waals surface area (Å²) in [5.74, 6) is -5.57. The van der Waals surface area contributed by atoms with Crippen LogP contribution in [0.2, 0.25) is 0 Å². The number of carbonyl (C=O) groups is 4. The van der Waals surface area contributed by atoms with E-state index in [1.54, 1.807) is 76.2 Å². The Morgan fingerprint density at radius 2 is 1.02 bits per heavy atom. The van der Waals surface area contributed by atoms with E-state index in [2.05, 4.69) is 10.6 Å². The summed E-state index contributed by atoms with van der Waals surface area (Å²) in [5, 5.41) is 27.0. The Labute approximate surface area is 263 Å². The molecule has 0 saturated carbocycles. The number of esters is 2. The first-order valence-electron chi connectivity index (χ1n) is 14.9. The number of amides is 2. The first-order chi connectivity index (χ1) is 21.2. The number of aliphatic hydroxyl groups is 2. The zero-order chi connectivity index (χ0) is 33.3. The summed E-state index contributed by atoms with van der Waals surface area (Å²) in [7, 11) is 0. The SMILES string of the molecule is CC(C)C(NC(=O)C(O)C1OC(C)(C)OC1C(O)C(=O)NC(C(=O)OCc1ccccc1)C(C)C)C(=O)OCc1ccccc1. The predicted octanol–water partition coefficient (Wildman–Crippen LogP) is 2.00. The number of hydrogen-bond donors (Lipinski definition) is 4. The second kappa shape index (κ2) is 15.9. The molecule has 0 bridgehead atoms. The van der Waals surface area contributed by atoms with Crippen LogP contribution in [-0.2, 0) is 51.3 Å². The molecule has 1 saturated heterocycles. The molecule has 2 amide bonds. The molecule has 6 atom stereocenters. The van der Waals surface area contributed by atoms with Crippen LogP contribution in [0, 0.1) is 11.8 Å². The highest BCUT2D eigenvalue weighted by atomic mass is 16.8. The Morgan fingerprint density at radius 3 is 1.33 bits per heavy atom. The van der Waals surface area contributed by atoms with E-state index in [0.717, 1.165) is 11.1 Å². The minimum Gasteiger partial charge on any atom is -0.459 e. The molecule has 1 fully saturated rings. The molecule has 12 nitrogen and oxygen atoms in total. The van der Waals surface area contributed by atoms with Gasteiger partial charge in [-0.25, -0.2) is 9.59 Å². The predicted molar refractivity (Wildman–Crippen MR) is 162 cm³/mol. The van der Waals surface area contributed by atoms with E-state index >= 15 is 0 Å². The molecule has 246 valence electrons. The van der Waals surface area contributed by atoms with Gasteiger partial charge < -0.3 is 39.8 Å². The van der Waals surface area contributed by atoms with E-state index in [-0.39, 0.29) is 13.2 Å². The van der Waals surface area contributed by atoms with Crippen LogP contribution in [0.5, 0.6) is 0 Å². The fourth-order valence-electron chi connectivity index (χ4n) is 4.71. The third kappa shape index (κ3) is 10.1. The maximum absolute atomic E-state index is 13.2. The normalized spacial score (nSPS) is 20.1. The number of benzene rings is 2. The molecule has 45 heavy (non-hydrogen) atoms. The van der Waals surface area contributed by atoms with E-state index in [1.807, 2.05) is 12.1 Å². The first kappa shape index (κ1) is 35.6. The van der Waals surface area contributed by atoms with Crippen LogP contribution in [0.25, 0.3) is 0 Å². The lowest BCUT2D eigenvalue weighted by Crippen LogP contribution is -2.57. The Bertz CT molecular complexity index is 1190. The fraction of sp³-hybridized carbons (Fsp3) is 0.515. The van der Waals surface area contributed by atoms with Crippen molar-refractivity contribution in [3.05, 3.63) is 71.8 Å². The molecule has 1 aliphatic heterocycles. The van der Waals surface area contributed by atoms with Crippen LogP contribution in [0.1, 0.15) is 52.7 Å². The standard InChI is InChI=1S/C33H44N2O10/c1-19(2)23(31(40)42-17-21-13-9-7-10-14-21)34-29(38)25(36)27-28(45-33(5,6)44-27)26(37)30(39)35-24(20(3)4)32(41)43-18-22-15-11-8-12-16-22/h7-16,19-20,23-28,36-37H,17-18H2,1-6H3,(H,34,38)(H,35,39). The number of nitrogens with one attached hydrogen (secondary N) is 2. The molecule has 0 aromatic heterocycles. The van der Waals surface area contributed by atoms with E-state index in [9.17, 15) is 29.4 Å². The van der Waals surface area contributed by atoms with Gasteiger partial charge in [0.1, 0.15) is 37.5 Å². The average Bonchev–Trinajstić information content (AvgIpc) is 3.34. The van der Waals surface area contributed by atoms with Crippen molar-refractivity contribution in [2.45, 2.75) is 97.0 Å². The minimum absolute atomic E-state index is 0.00433. The van der Waals surface area contributed by atoms with Gasteiger partial charge in [-0.1, -0.05) is 88.4 Å². The van der Waals surface area contributed by atoms with Gasteiger partial charge in [0.15, 0.2) is 18.0 Å². The summed E-state index contributed by atoms with van der Waals surface area (Å²) < 4.78 is 22.2. The van der Waals surface area contributed by atoms with Crippen LogP contribution < -0.4 is 10.6 Å². The van der Waals surface area contributed by atoms with Gasteiger partial charge in [0.25, 0.3) is 11.8 Å². The molecular formula is C33H44N2O10. The van der Waals surface area contributed by atoms with Crippen LogP contribution in [-0.4, -0.2) is 76.3 Å². The Balaban J connectivity index is 1.66.